The number of hydrogen-bond donors (Lipinski definition) is 0. The standard InChI is InChI=1S/C51H31N3S2/c1-2-13-32(14-3-1)38-19-4-5-22-42(38)50-52-49(53-51(54-50)43-24-12-23-41-39-20-6-9-26-46(39)56-48(41)43)37-18-11-17-35(30-37)33-15-10-16-34(29-33)36-27-28-47-44(31-36)40-21-7-8-25-45(40)55-47/h1-31H. The van der Waals surface area contributed by atoms with Crippen LogP contribution >= 0.6 is 22.7 Å². The molecule has 0 spiro atoms. The first-order valence-corrected chi connectivity index (χ1v) is 20.3. The maximum absolute atomic E-state index is 5.26. The van der Waals surface area contributed by atoms with Crippen molar-refractivity contribution in [2.75, 3.05) is 0 Å². The Kier molecular flexibility index (Phi) is 7.87. The smallest absolute Gasteiger partial charge is 0.165 e. The van der Waals surface area contributed by atoms with E-state index < -0.39 is 0 Å². The van der Waals surface area contributed by atoms with Crippen LogP contribution in [-0.2, 0) is 0 Å². The molecule has 0 aliphatic carbocycles. The summed E-state index contributed by atoms with van der Waals surface area (Å²) in [6.45, 7) is 0. The highest BCUT2D eigenvalue weighted by Gasteiger charge is 2.19. The largest absolute Gasteiger partial charge is 0.208 e. The molecule has 0 aliphatic heterocycles. The van der Waals surface area contributed by atoms with Crippen molar-refractivity contribution in [2.24, 2.45) is 0 Å². The van der Waals surface area contributed by atoms with Crippen LogP contribution in [0.5, 0.6) is 0 Å². The highest BCUT2D eigenvalue weighted by molar-refractivity contribution is 7.26. The number of rotatable bonds is 6. The minimum absolute atomic E-state index is 0.638. The topological polar surface area (TPSA) is 38.7 Å². The highest BCUT2D eigenvalue weighted by Crippen LogP contribution is 2.41. The van der Waals surface area contributed by atoms with Crippen LogP contribution in [0, 0.1) is 0 Å². The third-order valence-corrected chi connectivity index (χ3v) is 12.9. The molecule has 0 bridgehead atoms. The minimum atomic E-state index is 0.638. The Labute approximate surface area is 331 Å². The molecule has 0 N–H and O–H groups in total. The zero-order valence-corrected chi connectivity index (χ0v) is 31.7. The third-order valence-electron chi connectivity index (χ3n) is 10.6. The van der Waals surface area contributed by atoms with Crippen molar-refractivity contribution in [1.29, 1.82) is 0 Å². The lowest BCUT2D eigenvalue weighted by molar-refractivity contribution is 1.08. The van der Waals surface area contributed by atoms with E-state index in [0.29, 0.717) is 17.5 Å². The number of benzene rings is 8. The fourth-order valence-electron chi connectivity index (χ4n) is 7.84. The molecular formula is C51H31N3S2. The van der Waals surface area contributed by atoms with Crippen molar-refractivity contribution in [3.63, 3.8) is 0 Å². The summed E-state index contributed by atoms with van der Waals surface area (Å²) in [7, 11) is 0. The molecule has 0 radical (unpaired) electrons. The molecule has 0 unspecified atom stereocenters. The van der Waals surface area contributed by atoms with E-state index in [0.717, 1.165) is 38.9 Å². The van der Waals surface area contributed by atoms with Gasteiger partial charge in [-0.15, -0.1) is 22.7 Å². The van der Waals surface area contributed by atoms with Gasteiger partial charge in [0.15, 0.2) is 17.5 Å². The van der Waals surface area contributed by atoms with Gasteiger partial charge in [-0.1, -0.05) is 146 Å². The van der Waals surface area contributed by atoms with Gasteiger partial charge in [0.25, 0.3) is 0 Å². The molecule has 0 aliphatic rings. The summed E-state index contributed by atoms with van der Waals surface area (Å²) in [6, 6.07) is 66.8. The van der Waals surface area contributed by atoms with E-state index in [4.69, 9.17) is 15.0 Å². The molecule has 0 saturated heterocycles. The number of thiophene rings is 2. The van der Waals surface area contributed by atoms with Crippen molar-refractivity contribution in [3.8, 4) is 67.5 Å². The Hall–Kier alpha value is -6.79. The van der Waals surface area contributed by atoms with Gasteiger partial charge < -0.3 is 0 Å². The predicted molar refractivity (Wildman–Crippen MR) is 238 cm³/mol. The number of aromatic nitrogens is 3. The molecule has 11 aromatic rings. The summed E-state index contributed by atoms with van der Waals surface area (Å²) in [4.78, 5) is 15.7. The average molecular weight is 750 g/mol. The van der Waals surface area contributed by atoms with Crippen molar-refractivity contribution >= 4 is 63.0 Å². The normalized spacial score (nSPS) is 11.6. The Balaban J connectivity index is 1.06. The SMILES string of the molecule is c1ccc(-c2ccccc2-c2nc(-c3cccc(-c4cccc(-c5ccc6sc7ccccc7c6c5)c4)c3)nc(-c3cccc4c3sc3ccccc34)n2)cc1. The van der Waals surface area contributed by atoms with E-state index in [-0.39, 0.29) is 0 Å². The van der Waals surface area contributed by atoms with Crippen LogP contribution in [0.3, 0.4) is 0 Å². The predicted octanol–water partition coefficient (Wildman–Crippen LogP) is 14.6. The second-order valence-electron chi connectivity index (χ2n) is 14.0. The number of fused-ring (bicyclic) bond motifs is 6. The molecule has 11 rings (SSSR count). The third kappa shape index (κ3) is 5.68. The Morgan fingerprint density at radius 3 is 1.52 bits per heavy atom. The van der Waals surface area contributed by atoms with Crippen molar-refractivity contribution in [3.05, 3.63) is 188 Å². The van der Waals surface area contributed by atoms with E-state index in [2.05, 4.69) is 182 Å². The van der Waals surface area contributed by atoms with Crippen LogP contribution in [0.4, 0.5) is 0 Å². The molecular weight excluding hydrogens is 719 g/mol. The molecule has 3 aromatic heterocycles. The zero-order chi connectivity index (χ0) is 37.0. The van der Waals surface area contributed by atoms with E-state index >= 15 is 0 Å². The van der Waals surface area contributed by atoms with Crippen LogP contribution in [0.1, 0.15) is 0 Å². The molecule has 56 heavy (non-hydrogen) atoms. The fraction of sp³-hybridized carbons (Fsp3) is 0. The fourth-order valence-corrected chi connectivity index (χ4v) is 10.1. The first-order chi connectivity index (χ1) is 27.7. The molecule has 8 aromatic carbocycles. The van der Waals surface area contributed by atoms with Crippen LogP contribution in [0.15, 0.2) is 188 Å². The van der Waals surface area contributed by atoms with Crippen molar-refractivity contribution in [2.45, 2.75) is 0 Å². The molecule has 3 heterocycles. The summed E-state index contributed by atoms with van der Waals surface area (Å²) >= 11 is 3.64. The van der Waals surface area contributed by atoms with Gasteiger partial charge in [0.2, 0.25) is 0 Å². The average Bonchev–Trinajstić information content (AvgIpc) is 3.85. The maximum Gasteiger partial charge on any atom is 0.165 e. The van der Waals surface area contributed by atoms with Crippen LogP contribution in [0.2, 0.25) is 0 Å². The quantitative estimate of drug-likeness (QED) is 0.170. The second kappa shape index (κ2) is 13.5. The van der Waals surface area contributed by atoms with Crippen LogP contribution in [-0.4, -0.2) is 15.0 Å². The molecule has 0 atom stereocenters. The number of hydrogen-bond acceptors (Lipinski definition) is 5. The molecule has 262 valence electrons. The van der Waals surface area contributed by atoms with Gasteiger partial charge >= 0.3 is 0 Å². The molecule has 0 saturated carbocycles. The Bertz CT molecular complexity index is 3270. The molecule has 5 heteroatoms. The zero-order valence-electron chi connectivity index (χ0n) is 30.1. The summed E-state index contributed by atoms with van der Waals surface area (Å²) in [5.74, 6) is 1.94. The first kappa shape index (κ1) is 32.6. The van der Waals surface area contributed by atoms with E-state index in [1.165, 1.54) is 51.5 Å². The number of nitrogens with zero attached hydrogens (tertiary/aromatic N) is 3. The van der Waals surface area contributed by atoms with Crippen LogP contribution in [0.25, 0.3) is 108 Å². The van der Waals surface area contributed by atoms with Crippen molar-refractivity contribution < 1.29 is 0 Å². The summed E-state index contributed by atoms with van der Waals surface area (Å²) < 4.78 is 5.05. The van der Waals surface area contributed by atoms with E-state index in [9.17, 15) is 0 Å². The lowest BCUT2D eigenvalue weighted by Gasteiger charge is -2.13. The van der Waals surface area contributed by atoms with E-state index in [1.807, 2.05) is 17.4 Å². The lowest BCUT2D eigenvalue weighted by atomic mass is 9.97. The van der Waals surface area contributed by atoms with Gasteiger partial charge in [-0.3, -0.25) is 0 Å². The summed E-state index contributed by atoms with van der Waals surface area (Å²) in [5.41, 5.74) is 9.73. The van der Waals surface area contributed by atoms with Gasteiger partial charge in [0, 0.05) is 57.0 Å². The highest BCUT2D eigenvalue weighted by atomic mass is 32.1. The van der Waals surface area contributed by atoms with Crippen LogP contribution < -0.4 is 0 Å². The van der Waals surface area contributed by atoms with Gasteiger partial charge in [-0.25, -0.2) is 15.0 Å². The minimum Gasteiger partial charge on any atom is -0.208 e. The summed E-state index contributed by atoms with van der Waals surface area (Å²) in [6.07, 6.45) is 0. The molecule has 0 amide bonds. The Morgan fingerprint density at radius 2 is 0.750 bits per heavy atom. The van der Waals surface area contributed by atoms with Gasteiger partial charge in [-0.2, -0.15) is 0 Å². The van der Waals surface area contributed by atoms with E-state index in [1.54, 1.807) is 11.3 Å². The Morgan fingerprint density at radius 1 is 0.268 bits per heavy atom. The second-order valence-corrected chi connectivity index (χ2v) is 16.1. The maximum atomic E-state index is 5.26. The van der Waals surface area contributed by atoms with Gasteiger partial charge in [0.1, 0.15) is 0 Å². The summed E-state index contributed by atoms with van der Waals surface area (Å²) in [5, 5.41) is 5.07. The first-order valence-electron chi connectivity index (χ1n) is 18.7. The van der Waals surface area contributed by atoms with Gasteiger partial charge in [-0.05, 0) is 75.8 Å². The molecule has 0 fully saturated rings. The van der Waals surface area contributed by atoms with Gasteiger partial charge in [0.05, 0.1) is 0 Å². The van der Waals surface area contributed by atoms with Crippen molar-refractivity contribution in [1.82, 2.24) is 15.0 Å². The monoisotopic (exact) mass is 749 g/mol. The molecule has 3 nitrogen and oxygen atoms in total. The lowest BCUT2D eigenvalue weighted by Crippen LogP contribution is -2.01.